The number of esters is 1. The van der Waals surface area contributed by atoms with Crippen LogP contribution >= 0.6 is 11.6 Å². The van der Waals surface area contributed by atoms with Crippen molar-refractivity contribution >= 4 is 28.5 Å². The Hall–Kier alpha value is -2.81. The van der Waals surface area contributed by atoms with Gasteiger partial charge in [-0.1, -0.05) is 18.5 Å². The number of hydrogen-bond acceptors (Lipinski definition) is 6. The number of pyridine rings is 2. The third kappa shape index (κ3) is 2.29. The molecule has 7 nitrogen and oxygen atoms in total. The molecular formula is C23H19ClFN3O4. The number of cyclic esters (lactones) is 1. The Bertz CT molecular complexity index is 1450. The quantitative estimate of drug-likeness (QED) is 0.427. The van der Waals surface area contributed by atoms with Gasteiger partial charge in [0, 0.05) is 28.6 Å². The summed E-state index contributed by atoms with van der Waals surface area (Å²) in [5.74, 6) is -1.33. The maximum absolute atomic E-state index is 14.5. The zero-order valence-electron chi connectivity index (χ0n) is 17.2. The predicted molar refractivity (Wildman–Crippen MR) is 115 cm³/mol. The fourth-order valence-electron chi connectivity index (χ4n) is 5.39. The van der Waals surface area contributed by atoms with E-state index in [1.165, 1.54) is 6.07 Å². The molecular weight excluding hydrogens is 437 g/mol. The average molecular weight is 456 g/mol. The Labute approximate surface area is 186 Å². The molecule has 1 aliphatic carbocycles. The highest BCUT2D eigenvalue weighted by Gasteiger charge is 2.45. The molecule has 4 heterocycles. The summed E-state index contributed by atoms with van der Waals surface area (Å²) in [4.78, 5) is 30.4. The zero-order valence-corrected chi connectivity index (χ0v) is 17.9. The summed E-state index contributed by atoms with van der Waals surface area (Å²) in [5.41, 5.74) is 8.44. The molecule has 0 spiro atoms. The van der Waals surface area contributed by atoms with Crippen molar-refractivity contribution in [3.8, 4) is 11.4 Å². The van der Waals surface area contributed by atoms with Crippen molar-refractivity contribution in [3.63, 3.8) is 0 Å². The number of aliphatic hydroxyl groups is 1. The van der Waals surface area contributed by atoms with Crippen LogP contribution in [0.5, 0.6) is 0 Å². The number of nitrogens with zero attached hydrogens (tertiary/aromatic N) is 2. The van der Waals surface area contributed by atoms with E-state index in [4.69, 9.17) is 27.1 Å². The van der Waals surface area contributed by atoms with Gasteiger partial charge in [-0.15, -0.1) is 0 Å². The van der Waals surface area contributed by atoms with Crippen molar-refractivity contribution in [3.05, 3.63) is 61.1 Å². The fourth-order valence-corrected chi connectivity index (χ4v) is 5.63. The molecule has 0 unspecified atom stereocenters. The van der Waals surface area contributed by atoms with Gasteiger partial charge in [-0.2, -0.15) is 0 Å². The van der Waals surface area contributed by atoms with Gasteiger partial charge < -0.3 is 20.1 Å². The number of rotatable bonds is 1. The van der Waals surface area contributed by atoms with E-state index in [2.05, 4.69) is 0 Å². The van der Waals surface area contributed by atoms with E-state index in [0.717, 1.165) is 16.5 Å². The number of fused-ring (bicyclic) bond motifs is 5. The van der Waals surface area contributed by atoms with E-state index in [0.29, 0.717) is 35.3 Å². The van der Waals surface area contributed by atoms with Gasteiger partial charge in [0.2, 0.25) is 0 Å². The van der Waals surface area contributed by atoms with Crippen LogP contribution in [0.4, 0.5) is 4.39 Å². The first kappa shape index (κ1) is 19.8. The Balaban J connectivity index is 1.70. The van der Waals surface area contributed by atoms with Crippen LogP contribution in [0.25, 0.3) is 22.3 Å². The molecule has 2 atom stereocenters. The lowest BCUT2D eigenvalue weighted by Gasteiger charge is -2.31. The molecule has 3 N–H and O–H groups in total. The zero-order chi connectivity index (χ0) is 22.5. The molecule has 0 saturated heterocycles. The van der Waals surface area contributed by atoms with Gasteiger partial charge in [0.1, 0.15) is 12.4 Å². The van der Waals surface area contributed by atoms with Crippen molar-refractivity contribution in [2.75, 3.05) is 0 Å². The molecule has 9 heteroatoms. The van der Waals surface area contributed by atoms with Crippen LogP contribution in [0.15, 0.2) is 16.9 Å². The summed E-state index contributed by atoms with van der Waals surface area (Å²) in [6.45, 7) is 1.70. The van der Waals surface area contributed by atoms with Crippen molar-refractivity contribution in [2.24, 2.45) is 5.73 Å². The molecule has 0 amide bonds. The first-order chi connectivity index (χ1) is 15.3. The molecule has 0 radical (unpaired) electrons. The van der Waals surface area contributed by atoms with Gasteiger partial charge >= 0.3 is 5.97 Å². The molecule has 32 heavy (non-hydrogen) atoms. The largest absolute Gasteiger partial charge is 0.458 e. The van der Waals surface area contributed by atoms with Crippen molar-refractivity contribution in [2.45, 2.75) is 51.0 Å². The van der Waals surface area contributed by atoms with Gasteiger partial charge in [0.15, 0.2) is 5.60 Å². The second kappa shape index (κ2) is 6.37. The molecule has 3 aromatic rings. The summed E-state index contributed by atoms with van der Waals surface area (Å²) in [6.07, 6.45) is 1.20. The minimum Gasteiger partial charge on any atom is -0.458 e. The van der Waals surface area contributed by atoms with Gasteiger partial charge in [-0.3, -0.25) is 4.79 Å². The fraction of sp³-hybridized carbons (Fsp3) is 0.348. The minimum atomic E-state index is -1.90. The topological polar surface area (TPSA) is 107 Å². The number of ether oxygens (including phenoxy) is 1. The van der Waals surface area contributed by atoms with Gasteiger partial charge in [-0.25, -0.2) is 14.2 Å². The number of carbonyl (C=O) groups excluding carboxylic acids is 1. The van der Waals surface area contributed by atoms with Crippen molar-refractivity contribution < 1.29 is 19.0 Å². The molecule has 2 aliphatic heterocycles. The molecule has 6 rings (SSSR count). The van der Waals surface area contributed by atoms with E-state index in [9.17, 15) is 19.1 Å². The van der Waals surface area contributed by atoms with Crippen LogP contribution in [0.3, 0.4) is 0 Å². The molecule has 0 bridgehead atoms. The number of aryl methyl sites for hydroxylation is 1. The molecule has 164 valence electrons. The Morgan fingerprint density at radius 2 is 2.12 bits per heavy atom. The van der Waals surface area contributed by atoms with Crippen LogP contribution in [0, 0.1) is 5.82 Å². The molecule has 0 saturated carbocycles. The number of carbonyl (C=O) groups is 1. The van der Waals surface area contributed by atoms with Crippen molar-refractivity contribution in [1.82, 2.24) is 9.55 Å². The monoisotopic (exact) mass is 455 g/mol. The number of aromatic nitrogens is 2. The van der Waals surface area contributed by atoms with Gasteiger partial charge in [-0.05, 0) is 36.5 Å². The maximum atomic E-state index is 14.5. The second-order valence-corrected chi connectivity index (χ2v) is 9.02. The Kier molecular flexibility index (Phi) is 3.95. The minimum absolute atomic E-state index is 0.0585. The van der Waals surface area contributed by atoms with Crippen LogP contribution in [-0.4, -0.2) is 20.6 Å². The third-order valence-corrected chi connectivity index (χ3v) is 7.49. The number of nitrogens with two attached hydrogens (primary N) is 1. The maximum Gasteiger partial charge on any atom is 0.343 e. The lowest BCUT2D eigenvalue weighted by Crippen LogP contribution is -2.44. The van der Waals surface area contributed by atoms with Crippen LogP contribution in [0.2, 0.25) is 5.02 Å². The van der Waals surface area contributed by atoms with Gasteiger partial charge in [0.25, 0.3) is 5.56 Å². The number of halogens is 2. The molecule has 0 fully saturated rings. The van der Waals surface area contributed by atoms with E-state index >= 15 is 0 Å². The number of hydrogen-bond donors (Lipinski definition) is 2. The molecule has 2 aromatic heterocycles. The summed E-state index contributed by atoms with van der Waals surface area (Å²) < 4.78 is 21.2. The highest BCUT2D eigenvalue weighted by atomic mass is 35.5. The van der Waals surface area contributed by atoms with E-state index in [1.54, 1.807) is 17.6 Å². The second-order valence-electron chi connectivity index (χ2n) is 8.65. The number of benzene rings is 1. The van der Waals surface area contributed by atoms with Crippen molar-refractivity contribution in [1.29, 1.82) is 0 Å². The van der Waals surface area contributed by atoms with Gasteiger partial charge in [0.05, 0.1) is 34.0 Å². The van der Waals surface area contributed by atoms with Crippen LogP contribution in [-0.2, 0) is 34.7 Å². The highest BCUT2D eigenvalue weighted by molar-refractivity contribution is 6.32. The van der Waals surface area contributed by atoms with E-state index in [-0.39, 0.29) is 47.3 Å². The highest BCUT2D eigenvalue weighted by Crippen LogP contribution is 2.46. The Morgan fingerprint density at radius 3 is 2.88 bits per heavy atom. The first-order valence-electron chi connectivity index (χ1n) is 10.5. The molecule has 3 aliphatic rings. The van der Waals surface area contributed by atoms with Crippen LogP contribution < -0.4 is 11.3 Å². The summed E-state index contributed by atoms with van der Waals surface area (Å²) >= 11 is 6.27. The first-order valence-corrected chi connectivity index (χ1v) is 10.9. The van der Waals surface area contributed by atoms with E-state index < -0.39 is 17.4 Å². The van der Waals surface area contributed by atoms with Crippen LogP contribution in [0.1, 0.15) is 53.6 Å². The normalized spacial score (nSPS) is 23.0. The average Bonchev–Trinajstić information content (AvgIpc) is 3.14. The lowest BCUT2D eigenvalue weighted by molar-refractivity contribution is -0.172. The van der Waals surface area contributed by atoms with E-state index in [1.807, 2.05) is 0 Å². The SMILES string of the molecule is CC[C@@]1(O)C(=O)OCc2c1cc1n(c2=O)Cc2c-1nc1cc(F)c(Cl)c3c1c2[C@H](N)CC3. The molecule has 1 aromatic carbocycles. The Morgan fingerprint density at radius 1 is 1.34 bits per heavy atom. The smallest absolute Gasteiger partial charge is 0.343 e. The predicted octanol–water partition coefficient (Wildman–Crippen LogP) is 2.82. The lowest BCUT2D eigenvalue weighted by atomic mass is 9.83. The summed E-state index contributed by atoms with van der Waals surface area (Å²) in [7, 11) is 0. The third-order valence-electron chi connectivity index (χ3n) is 7.09. The summed E-state index contributed by atoms with van der Waals surface area (Å²) in [5, 5.41) is 11.8. The summed E-state index contributed by atoms with van der Waals surface area (Å²) in [6, 6.07) is 2.63. The standard InChI is InChI=1S/C23H19ClFN3O4/c1-2-23(31)12-5-16-20-10(7-28(16)21(29)11(12)8-32-22(23)30)17-14(26)4-3-9-18(17)15(27-20)6-13(25)19(9)24/h5-6,14,31H,2-4,7-8,26H2,1H3/t14-,23+/m1/s1.